The number of rotatable bonds is 5. The molecule has 0 aliphatic heterocycles. The monoisotopic (exact) mass is 291 g/mol. The van der Waals surface area contributed by atoms with Crippen molar-refractivity contribution in [2.45, 2.75) is 39.7 Å². The topological polar surface area (TPSA) is 40.5 Å². The van der Waals surface area contributed by atoms with Gasteiger partial charge in [-0.2, -0.15) is 0 Å². The van der Waals surface area contributed by atoms with Gasteiger partial charge in [-0.05, 0) is 38.5 Å². The third-order valence-corrected chi connectivity index (χ3v) is 3.02. The molecular weight excluding hydrogens is 269 g/mol. The van der Waals surface area contributed by atoms with Crippen molar-refractivity contribution in [3.63, 3.8) is 0 Å². The van der Waals surface area contributed by atoms with Crippen molar-refractivity contribution in [2.24, 2.45) is 0 Å². The number of carbonyl (C=O) groups excluding carboxylic acids is 1. The minimum Gasteiger partial charge on any atom is -0.395 e. The molecule has 0 fully saturated rings. The van der Waals surface area contributed by atoms with Crippen LogP contribution in [0.15, 0.2) is 18.2 Å². The Morgan fingerprint density at radius 2 is 2.14 bits per heavy atom. The summed E-state index contributed by atoms with van der Waals surface area (Å²) in [5, 5.41) is 8.65. The number of hydrogen-bond acceptors (Lipinski definition) is 2. The van der Waals surface area contributed by atoms with Crippen molar-refractivity contribution >= 4 is 5.91 Å². The molecule has 1 N–H and O–H groups in total. The van der Waals surface area contributed by atoms with Gasteiger partial charge in [-0.15, -0.1) is 0 Å². The SMILES string of the molecule is CCCN(C(=O)c1ccc(C#CCCO)cc1F)C(C)C. The van der Waals surface area contributed by atoms with E-state index < -0.39 is 5.82 Å². The van der Waals surface area contributed by atoms with E-state index in [1.54, 1.807) is 11.0 Å². The van der Waals surface area contributed by atoms with Crippen molar-refractivity contribution in [3.05, 3.63) is 35.1 Å². The first kappa shape index (κ1) is 17.2. The summed E-state index contributed by atoms with van der Waals surface area (Å²) in [5.41, 5.74) is 0.578. The molecule has 1 rings (SSSR count). The fraction of sp³-hybridized carbons (Fsp3) is 0.471. The van der Waals surface area contributed by atoms with Gasteiger partial charge < -0.3 is 10.0 Å². The van der Waals surface area contributed by atoms with E-state index in [1.807, 2.05) is 20.8 Å². The Hall–Kier alpha value is -1.86. The summed E-state index contributed by atoms with van der Waals surface area (Å²) in [4.78, 5) is 14.0. The van der Waals surface area contributed by atoms with Crippen LogP contribution >= 0.6 is 0 Å². The Morgan fingerprint density at radius 3 is 2.67 bits per heavy atom. The second kappa shape index (κ2) is 8.43. The lowest BCUT2D eigenvalue weighted by molar-refractivity contribution is 0.0701. The van der Waals surface area contributed by atoms with Gasteiger partial charge in [0.1, 0.15) is 5.82 Å². The van der Waals surface area contributed by atoms with Crippen LogP contribution in [-0.2, 0) is 0 Å². The molecule has 0 aromatic heterocycles. The lowest BCUT2D eigenvalue weighted by Gasteiger charge is -2.26. The van der Waals surface area contributed by atoms with Crippen LogP contribution in [0.2, 0.25) is 0 Å². The number of aliphatic hydroxyl groups is 1. The lowest BCUT2D eigenvalue weighted by Crippen LogP contribution is -2.38. The molecule has 0 saturated heterocycles. The average molecular weight is 291 g/mol. The summed E-state index contributed by atoms with van der Waals surface area (Å²) >= 11 is 0. The second-order valence-electron chi connectivity index (χ2n) is 5.06. The third-order valence-electron chi connectivity index (χ3n) is 3.02. The number of benzene rings is 1. The number of halogens is 1. The zero-order chi connectivity index (χ0) is 15.8. The van der Waals surface area contributed by atoms with E-state index in [4.69, 9.17) is 5.11 Å². The third kappa shape index (κ3) is 4.87. The van der Waals surface area contributed by atoms with E-state index in [0.717, 1.165) is 6.42 Å². The maximum absolute atomic E-state index is 14.1. The van der Waals surface area contributed by atoms with Crippen LogP contribution in [0.25, 0.3) is 0 Å². The molecule has 0 aliphatic rings. The summed E-state index contributed by atoms with van der Waals surface area (Å²) in [6.07, 6.45) is 1.18. The number of amides is 1. The number of nitrogens with zero attached hydrogens (tertiary/aromatic N) is 1. The molecule has 0 atom stereocenters. The number of carbonyl (C=O) groups is 1. The van der Waals surface area contributed by atoms with Crippen molar-refractivity contribution in [2.75, 3.05) is 13.2 Å². The molecule has 4 heteroatoms. The maximum atomic E-state index is 14.1. The van der Waals surface area contributed by atoms with Gasteiger partial charge >= 0.3 is 0 Å². The van der Waals surface area contributed by atoms with Crippen molar-refractivity contribution in [3.8, 4) is 11.8 Å². The van der Waals surface area contributed by atoms with Crippen LogP contribution in [0.3, 0.4) is 0 Å². The normalized spacial score (nSPS) is 10.2. The smallest absolute Gasteiger partial charge is 0.257 e. The van der Waals surface area contributed by atoms with Gasteiger partial charge in [0.05, 0.1) is 12.2 Å². The van der Waals surface area contributed by atoms with Gasteiger partial charge in [-0.25, -0.2) is 4.39 Å². The van der Waals surface area contributed by atoms with Gasteiger partial charge in [-0.3, -0.25) is 4.79 Å². The molecule has 0 unspecified atom stereocenters. The quantitative estimate of drug-likeness (QED) is 0.847. The van der Waals surface area contributed by atoms with Crippen LogP contribution in [0.4, 0.5) is 4.39 Å². The molecular formula is C17H22FNO2. The summed E-state index contributed by atoms with van der Waals surface area (Å²) in [7, 11) is 0. The zero-order valence-corrected chi connectivity index (χ0v) is 12.8. The highest BCUT2D eigenvalue weighted by Gasteiger charge is 2.20. The Labute approximate surface area is 125 Å². The molecule has 1 aromatic rings. The Balaban J connectivity index is 2.99. The van der Waals surface area contributed by atoms with E-state index in [2.05, 4.69) is 11.8 Å². The Bertz CT molecular complexity index is 543. The lowest BCUT2D eigenvalue weighted by atomic mass is 10.1. The van der Waals surface area contributed by atoms with Crippen molar-refractivity contribution in [1.82, 2.24) is 4.90 Å². The first-order chi connectivity index (χ1) is 10.0. The molecule has 114 valence electrons. The van der Waals surface area contributed by atoms with Crippen LogP contribution in [0.5, 0.6) is 0 Å². The fourth-order valence-corrected chi connectivity index (χ4v) is 1.98. The Kier molecular flexibility index (Phi) is 6.90. The summed E-state index contributed by atoms with van der Waals surface area (Å²) in [6, 6.07) is 4.40. The first-order valence-electron chi connectivity index (χ1n) is 7.21. The molecule has 1 aromatic carbocycles. The minimum atomic E-state index is -0.558. The van der Waals surface area contributed by atoms with Crippen LogP contribution < -0.4 is 0 Å². The summed E-state index contributed by atoms with van der Waals surface area (Å²) < 4.78 is 14.1. The number of hydrogen-bond donors (Lipinski definition) is 1. The molecule has 0 radical (unpaired) electrons. The van der Waals surface area contributed by atoms with Crippen molar-refractivity contribution in [1.29, 1.82) is 0 Å². The predicted molar refractivity (Wildman–Crippen MR) is 81.4 cm³/mol. The van der Waals surface area contributed by atoms with Crippen LogP contribution in [-0.4, -0.2) is 35.1 Å². The molecule has 0 spiro atoms. The standard InChI is InChI=1S/C17H22FNO2/c1-4-10-19(13(2)3)17(21)15-9-8-14(12-16(15)18)7-5-6-11-20/h8-9,12-13,20H,4,6,10-11H2,1-3H3. The molecule has 0 heterocycles. The van der Waals surface area contributed by atoms with Crippen molar-refractivity contribution < 1.29 is 14.3 Å². The molecule has 0 aliphatic carbocycles. The second-order valence-corrected chi connectivity index (χ2v) is 5.06. The minimum absolute atomic E-state index is 0.0214. The van der Waals surface area contributed by atoms with E-state index >= 15 is 0 Å². The molecule has 21 heavy (non-hydrogen) atoms. The highest BCUT2D eigenvalue weighted by molar-refractivity contribution is 5.94. The highest BCUT2D eigenvalue weighted by atomic mass is 19.1. The summed E-state index contributed by atoms with van der Waals surface area (Å²) in [6.45, 7) is 6.40. The number of aliphatic hydroxyl groups excluding tert-OH is 1. The fourth-order valence-electron chi connectivity index (χ4n) is 1.98. The molecule has 0 saturated carbocycles. The van der Waals surface area contributed by atoms with E-state index in [0.29, 0.717) is 18.5 Å². The van der Waals surface area contributed by atoms with Gasteiger partial charge in [0.25, 0.3) is 5.91 Å². The van der Waals surface area contributed by atoms with E-state index in [1.165, 1.54) is 12.1 Å². The summed E-state index contributed by atoms with van der Waals surface area (Å²) in [5.74, 6) is 4.63. The molecule has 1 amide bonds. The highest BCUT2D eigenvalue weighted by Crippen LogP contribution is 2.15. The van der Waals surface area contributed by atoms with Gasteiger partial charge in [0, 0.05) is 24.6 Å². The first-order valence-corrected chi connectivity index (χ1v) is 7.21. The van der Waals surface area contributed by atoms with E-state index in [9.17, 15) is 9.18 Å². The van der Waals surface area contributed by atoms with Crippen LogP contribution in [0.1, 0.15) is 49.5 Å². The van der Waals surface area contributed by atoms with E-state index in [-0.39, 0.29) is 24.1 Å². The van der Waals surface area contributed by atoms with Gasteiger partial charge in [0.15, 0.2) is 0 Å². The Morgan fingerprint density at radius 1 is 1.43 bits per heavy atom. The van der Waals surface area contributed by atoms with Gasteiger partial charge in [0.2, 0.25) is 0 Å². The zero-order valence-electron chi connectivity index (χ0n) is 12.8. The van der Waals surface area contributed by atoms with Crippen LogP contribution in [0, 0.1) is 17.7 Å². The average Bonchev–Trinajstić information content (AvgIpc) is 2.44. The van der Waals surface area contributed by atoms with Gasteiger partial charge in [-0.1, -0.05) is 18.8 Å². The molecule has 3 nitrogen and oxygen atoms in total. The predicted octanol–water partition coefficient (Wildman–Crippen LogP) is 2.82. The largest absolute Gasteiger partial charge is 0.395 e. The molecule has 0 bridgehead atoms. The maximum Gasteiger partial charge on any atom is 0.257 e.